The SMILES string of the molecule is O=C(Nc1c(Br)cc(Br)cc1Br)Oc1ccccc1. The molecule has 0 bridgehead atoms. The normalized spacial score (nSPS) is 10.1. The van der Waals surface area contributed by atoms with E-state index in [1.165, 1.54) is 0 Å². The summed E-state index contributed by atoms with van der Waals surface area (Å²) in [5, 5.41) is 2.68. The third-order valence-corrected chi connectivity index (χ3v) is 3.90. The average Bonchev–Trinajstić information content (AvgIpc) is 2.35. The Morgan fingerprint density at radius 3 is 2.16 bits per heavy atom. The molecule has 2 aromatic carbocycles. The second-order valence-corrected chi connectivity index (χ2v) is 6.20. The summed E-state index contributed by atoms with van der Waals surface area (Å²) in [6, 6.07) is 12.6. The summed E-state index contributed by atoms with van der Waals surface area (Å²) in [6.07, 6.45) is -0.546. The molecule has 98 valence electrons. The molecule has 1 N–H and O–H groups in total. The number of halogens is 3. The van der Waals surface area contributed by atoms with Gasteiger partial charge >= 0.3 is 6.09 Å². The number of rotatable bonds is 2. The molecule has 0 aliphatic heterocycles. The van der Waals surface area contributed by atoms with Crippen LogP contribution in [0.3, 0.4) is 0 Å². The molecule has 1 amide bonds. The molecule has 0 saturated heterocycles. The summed E-state index contributed by atoms with van der Waals surface area (Å²) in [5.74, 6) is 0.490. The summed E-state index contributed by atoms with van der Waals surface area (Å²) in [7, 11) is 0. The maximum Gasteiger partial charge on any atom is 0.417 e. The second-order valence-electron chi connectivity index (χ2n) is 3.57. The highest BCUT2D eigenvalue weighted by Gasteiger charge is 2.11. The molecule has 0 aliphatic carbocycles. The van der Waals surface area contributed by atoms with Gasteiger partial charge in [-0.2, -0.15) is 0 Å². The molecule has 0 fully saturated rings. The van der Waals surface area contributed by atoms with Gasteiger partial charge in [0.1, 0.15) is 5.75 Å². The standard InChI is InChI=1S/C13H8Br3NO2/c14-8-6-10(15)12(11(16)7-8)17-13(18)19-9-4-2-1-3-5-9/h1-7H,(H,17,18). The Balaban J connectivity index is 2.12. The van der Waals surface area contributed by atoms with Gasteiger partial charge in [0.2, 0.25) is 0 Å². The molecule has 3 nitrogen and oxygen atoms in total. The highest BCUT2D eigenvalue weighted by Crippen LogP contribution is 2.34. The predicted octanol–water partition coefficient (Wildman–Crippen LogP) is 5.59. The molecule has 19 heavy (non-hydrogen) atoms. The molecule has 0 heterocycles. The van der Waals surface area contributed by atoms with E-state index in [1.54, 1.807) is 24.3 Å². The Hall–Kier alpha value is -0.850. The quantitative estimate of drug-likeness (QED) is 0.649. The molecule has 6 heteroatoms. The van der Waals surface area contributed by atoms with Gasteiger partial charge in [0.05, 0.1) is 5.69 Å². The van der Waals surface area contributed by atoms with Gasteiger partial charge in [-0.15, -0.1) is 0 Å². The first-order valence-electron chi connectivity index (χ1n) is 5.24. The minimum atomic E-state index is -0.546. The molecule has 0 radical (unpaired) electrons. The van der Waals surface area contributed by atoms with Gasteiger partial charge in [-0.1, -0.05) is 34.1 Å². The molecule has 0 unspecified atom stereocenters. The van der Waals surface area contributed by atoms with Crippen LogP contribution in [0.5, 0.6) is 5.75 Å². The minimum Gasteiger partial charge on any atom is -0.410 e. The summed E-state index contributed by atoms with van der Waals surface area (Å²) in [6.45, 7) is 0. The fourth-order valence-corrected chi connectivity index (χ4v) is 3.84. The highest BCUT2D eigenvalue weighted by molar-refractivity contribution is 9.11. The minimum absolute atomic E-state index is 0.490. The highest BCUT2D eigenvalue weighted by atomic mass is 79.9. The number of para-hydroxylation sites is 1. The van der Waals surface area contributed by atoms with Gasteiger partial charge in [-0.3, -0.25) is 5.32 Å². The number of hydrogen-bond acceptors (Lipinski definition) is 2. The average molecular weight is 450 g/mol. The zero-order valence-electron chi connectivity index (χ0n) is 9.49. The third-order valence-electron chi connectivity index (χ3n) is 2.19. The first kappa shape index (κ1) is 14.6. The molecule has 2 aromatic rings. The number of ether oxygens (including phenoxy) is 1. The van der Waals surface area contributed by atoms with Crippen molar-refractivity contribution in [1.29, 1.82) is 0 Å². The fourth-order valence-electron chi connectivity index (χ4n) is 1.38. The lowest BCUT2D eigenvalue weighted by Crippen LogP contribution is -2.17. The van der Waals surface area contributed by atoms with Crippen LogP contribution in [0.25, 0.3) is 0 Å². The van der Waals surface area contributed by atoms with E-state index in [9.17, 15) is 4.79 Å². The van der Waals surface area contributed by atoms with Crippen molar-refractivity contribution < 1.29 is 9.53 Å². The lowest BCUT2D eigenvalue weighted by molar-refractivity contribution is 0.215. The molecule has 0 aromatic heterocycles. The maximum absolute atomic E-state index is 11.8. The fraction of sp³-hybridized carbons (Fsp3) is 0. The van der Waals surface area contributed by atoms with Crippen LogP contribution in [0, 0.1) is 0 Å². The summed E-state index contributed by atoms with van der Waals surface area (Å²) in [5.41, 5.74) is 0.615. The number of hydrogen-bond donors (Lipinski definition) is 1. The largest absolute Gasteiger partial charge is 0.417 e. The number of amides is 1. The van der Waals surface area contributed by atoms with Crippen molar-refractivity contribution in [3.05, 3.63) is 55.9 Å². The van der Waals surface area contributed by atoms with Crippen molar-refractivity contribution in [2.75, 3.05) is 5.32 Å². The van der Waals surface area contributed by atoms with Gasteiger partial charge in [-0.05, 0) is 56.1 Å². The molecular weight excluding hydrogens is 442 g/mol. The van der Waals surface area contributed by atoms with E-state index in [0.717, 1.165) is 13.4 Å². The smallest absolute Gasteiger partial charge is 0.410 e. The lowest BCUT2D eigenvalue weighted by atomic mass is 10.3. The third kappa shape index (κ3) is 4.06. The van der Waals surface area contributed by atoms with Gasteiger partial charge in [-0.25, -0.2) is 4.79 Å². The second kappa shape index (κ2) is 6.54. The van der Waals surface area contributed by atoms with E-state index in [4.69, 9.17) is 4.74 Å². The summed E-state index contributed by atoms with van der Waals surface area (Å²) < 4.78 is 7.55. The van der Waals surface area contributed by atoms with Crippen LogP contribution in [-0.4, -0.2) is 6.09 Å². The van der Waals surface area contributed by atoms with Crippen molar-refractivity contribution in [2.24, 2.45) is 0 Å². The first-order chi connectivity index (χ1) is 9.06. The summed E-state index contributed by atoms with van der Waals surface area (Å²) in [4.78, 5) is 11.8. The van der Waals surface area contributed by atoms with Gasteiger partial charge in [0, 0.05) is 13.4 Å². The number of carbonyl (C=O) groups excluding carboxylic acids is 1. The Morgan fingerprint density at radius 2 is 1.58 bits per heavy atom. The van der Waals surface area contributed by atoms with Gasteiger partial charge in [0.25, 0.3) is 0 Å². The number of benzene rings is 2. The van der Waals surface area contributed by atoms with Gasteiger partial charge in [0.15, 0.2) is 0 Å². The number of anilines is 1. The number of carbonyl (C=O) groups is 1. The van der Waals surface area contributed by atoms with Gasteiger partial charge < -0.3 is 4.74 Å². The number of nitrogens with one attached hydrogen (secondary N) is 1. The molecule has 0 spiro atoms. The van der Waals surface area contributed by atoms with Crippen LogP contribution >= 0.6 is 47.8 Å². The van der Waals surface area contributed by atoms with Crippen LogP contribution in [0.1, 0.15) is 0 Å². The van der Waals surface area contributed by atoms with E-state index < -0.39 is 6.09 Å². The Kier molecular flexibility index (Phi) is 5.01. The topological polar surface area (TPSA) is 38.3 Å². The van der Waals surface area contributed by atoms with Crippen molar-refractivity contribution >= 4 is 59.6 Å². The predicted molar refractivity (Wildman–Crippen MR) is 85.6 cm³/mol. The van der Waals surface area contributed by atoms with Crippen molar-refractivity contribution in [3.8, 4) is 5.75 Å². The van der Waals surface area contributed by atoms with Crippen LogP contribution in [-0.2, 0) is 0 Å². The lowest BCUT2D eigenvalue weighted by Gasteiger charge is -2.10. The van der Waals surface area contributed by atoms with E-state index in [1.807, 2.05) is 18.2 Å². The zero-order valence-corrected chi connectivity index (χ0v) is 14.2. The van der Waals surface area contributed by atoms with Crippen molar-refractivity contribution in [1.82, 2.24) is 0 Å². The van der Waals surface area contributed by atoms with Crippen molar-refractivity contribution in [3.63, 3.8) is 0 Å². The maximum atomic E-state index is 11.8. The summed E-state index contributed by atoms with van der Waals surface area (Å²) >= 11 is 10.1. The monoisotopic (exact) mass is 447 g/mol. The van der Waals surface area contributed by atoms with E-state index >= 15 is 0 Å². The Bertz CT molecular complexity index is 579. The Morgan fingerprint density at radius 1 is 1.00 bits per heavy atom. The van der Waals surface area contributed by atoms with Crippen molar-refractivity contribution in [2.45, 2.75) is 0 Å². The molecule has 2 rings (SSSR count). The van der Waals surface area contributed by atoms with Crippen LogP contribution < -0.4 is 10.1 Å². The molecule has 0 saturated carbocycles. The van der Waals surface area contributed by atoms with Crippen LogP contribution in [0.2, 0.25) is 0 Å². The van der Waals surface area contributed by atoms with Crippen LogP contribution in [0.15, 0.2) is 55.9 Å². The van der Waals surface area contributed by atoms with E-state index in [2.05, 4.69) is 53.1 Å². The zero-order chi connectivity index (χ0) is 13.8. The molecule has 0 atom stereocenters. The molecule has 0 aliphatic rings. The Labute approximate surface area is 135 Å². The van der Waals surface area contributed by atoms with E-state index in [0.29, 0.717) is 11.4 Å². The molecular formula is C13H8Br3NO2. The first-order valence-corrected chi connectivity index (χ1v) is 7.62. The van der Waals surface area contributed by atoms with Crippen LogP contribution in [0.4, 0.5) is 10.5 Å². The van der Waals surface area contributed by atoms with E-state index in [-0.39, 0.29) is 0 Å².